The molecule has 0 saturated heterocycles. The van der Waals surface area contributed by atoms with Gasteiger partial charge >= 0.3 is 0 Å². The monoisotopic (exact) mass is 299 g/mol. The van der Waals surface area contributed by atoms with Crippen molar-refractivity contribution < 1.29 is 9.47 Å². The second kappa shape index (κ2) is 7.85. The molecule has 0 saturated carbocycles. The lowest BCUT2D eigenvalue weighted by molar-refractivity contribution is 0.355. The van der Waals surface area contributed by atoms with Gasteiger partial charge in [0.2, 0.25) is 0 Å². The maximum Gasteiger partial charge on any atom is 0.161 e. The SMILES string of the molecule is CNC(C)CCc1cccc(-c2ccc(OC)c(OC)c2)c1. The van der Waals surface area contributed by atoms with Crippen LogP contribution in [0.5, 0.6) is 11.5 Å². The van der Waals surface area contributed by atoms with Crippen molar-refractivity contribution in [2.75, 3.05) is 21.3 Å². The number of rotatable bonds is 7. The van der Waals surface area contributed by atoms with Gasteiger partial charge in [0.15, 0.2) is 11.5 Å². The van der Waals surface area contributed by atoms with Crippen molar-refractivity contribution in [2.24, 2.45) is 0 Å². The van der Waals surface area contributed by atoms with Crippen LogP contribution in [0.3, 0.4) is 0 Å². The standard InChI is InChI=1S/C19H25NO2/c1-14(20-2)8-9-15-6-5-7-16(12-15)17-10-11-18(21-3)19(13-17)22-4/h5-7,10-14,20H,8-9H2,1-4H3. The Kier molecular flexibility index (Phi) is 5.84. The lowest BCUT2D eigenvalue weighted by Crippen LogP contribution is -2.21. The summed E-state index contributed by atoms with van der Waals surface area (Å²) in [6.45, 7) is 2.21. The minimum absolute atomic E-state index is 0.532. The smallest absolute Gasteiger partial charge is 0.161 e. The summed E-state index contributed by atoms with van der Waals surface area (Å²) in [4.78, 5) is 0. The van der Waals surface area contributed by atoms with Crippen molar-refractivity contribution in [1.82, 2.24) is 5.32 Å². The zero-order valence-corrected chi connectivity index (χ0v) is 13.8. The Balaban J connectivity index is 2.22. The van der Waals surface area contributed by atoms with Crippen LogP contribution < -0.4 is 14.8 Å². The Labute approximate surface area is 133 Å². The van der Waals surface area contributed by atoms with Gasteiger partial charge in [0, 0.05) is 6.04 Å². The van der Waals surface area contributed by atoms with Crippen LogP contribution in [0.25, 0.3) is 11.1 Å². The minimum atomic E-state index is 0.532. The quantitative estimate of drug-likeness (QED) is 0.841. The molecule has 2 aromatic carbocycles. The third-order valence-corrected chi connectivity index (χ3v) is 4.00. The van der Waals surface area contributed by atoms with Gasteiger partial charge in [-0.1, -0.05) is 30.3 Å². The Hall–Kier alpha value is -2.00. The van der Waals surface area contributed by atoms with Crippen LogP contribution in [0.4, 0.5) is 0 Å². The van der Waals surface area contributed by atoms with E-state index in [2.05, 4.69) is 42.6 Å². The van der Waals surface area contributed by atoms with Crippen molar-refractivity contribution >= 4 is 0 Å². The number of aryl methyl sites for hydroxylation is 1. The summed E-state index contributed by atoms with van der Waals surface area (Å²) < 4.78 is 10.7. The Bertz CT molecular complexity index is 610. The van der Waals surface area contributed by atoms with Crippen LogP contribution in [0.15, 0.2) is 42.5 Å². The molecule has 0 aliphatic rings. The average Bonchev–Trinajstić information content (AvgIpc) is 2.59. The molecule has 0 aliphatic carbocycles. The number of nitrogens with one attached hydrogen (secondary N) is 1. The van der Waals surface area contributed by atoms with Gasteiger partial charge in [0.25, 0.3) is 0 Å². The summed E-state index contributed by atoms with van der Waals surface area (Å²) in [7, 11) is 5.32. The number of hydrogen-bond donors (Lipinski definition) is 1. The number of methoxy groups -OCH3 is 2. The lowest BCUT2D eigenvalue weighted by atomic mass is 9.99. The highest BCUT2D eigenvalue weighted by Gasteiger charge is 2.07. The number of benzene rings is 2. The van der Waals surface area contributed by atoms with Crippen LogP contribution in [0.1, 0.15) is 18.9 Å². The summed E-state index contributed by atoms with van der Waals surface area (Å²) in [5.41, 5.74) is 3.70. The minimum Gasteiger partial charge on any atom is -0.493 e. The van der Waals surface area contributed by atoms with E-state index >= 15 is 0 Å². The molecule has 0 aliphatic heterocycles. The second-order valence-corrected chi connectivity index (χ2v) is 5.50. The Morgan fingerprint density at radius 3 is 2.36 bits per heavy atom. The molecule has 0 spiro atoms. The van der Waals surface area contributed by atoms with Gasteiger partial charge < -0.3 is 14.8 Å². The molecule has 2 aromatic rings. The van der Waals surface area contributed by atoms with Crippen molar-refractivity contribution in [1.29, 1.82) is 0 Å². The number of ether oxygens (including phenoxy) is 2. The van der Waals surface area contributed by atoms with Gasteiger partial charge in [-0.15, -0.1) is 0 Å². The predicted octanol–water partition coefficient (Wildman–Crippen LogP) is 3.91. The molecule has 2 rings (SSSR count). The molecule has 118 valence electrons. The molecule has 0 bridgehead atoms. The Morgan fingerprint density at radius 1 is 0.955 bits per heavy atom. The summed E-state index contributed by atoms with van der Waals surface area (Å²) >= 11 is 0. The maximum absolute atomic E-state index is 5.39. The van der Waals surface area contributed by atoms with E-state index in [-0.39, 0.29) is 0 Å². The fourth-order valence-electron chi connectivity index (χ4n) is 2.45. The third-order valence-electron chi connectivity index (χ3n) is 4.00. The van der Waals surface area contributed by atoms with Gasteiger partial charge in [-0.2, -0.15) is 0 Å². The number of hydrogen-bond acceptors (Lipinski definition) is 3. The molecule has 1 N–H and O–H groups in total. The Morgan fingerprint density at radius 2 is 1.68 bits per heavy atom. The van der Waals surface area contributed by atoms with Crippen molar-refractivity contribution in [3.63, 3.8) is 0 Å². The molecule has 0 aromatic heterocycles. The van der Waals surface area contributed by atoms with Crippen molar-refractivity contribution in [2.45, 2.75) is 25.8 Å². The van der Waals surface area contributed by atoms with E-state index in [4.69, 9.17) is 9.47 Å². The highest BCUT2D eigenvalue weighted by atomic mass is 16.5. The first-order chi connectivity index (χ1) is 10.7. The van der Waals surface area contributed by atoms with E-state index in [1.807, 2.05) is 19.2 Å². The van der Waals surface area contributed by atoms with E-state index in [1.165, 1.54) is 11.1 Å². The van der Waals surface area contributed by atoms with Gasteiger partial charge in [0.05, 0.1) is 14.2 Å². The van der Waals surface area contributed by atoms with Crippen LogP contribution in [0.2, 0.25) is 0 Å². The summed E-state index contributed by atoms with van der Waals surface area (Å²) in [5, 5.41) is 3.28. The molecule has 0 heterocycles. The molecule has 0 radical (unpaired) electrons. The molecule has 22 heavy (non-hydrogen) atoms. The molecule has 3 nitrogen and oxygen atoms in total. The molecule has 0 fully saturated rings. The van der Waals surface area contributed by atoms with E-state index in [1.54, 1.807) is 14.2 Å². The highest BCUT2D eigenvalue weighted by Crippen LogP contribution is 2.32. The first-order valence-corrected chi connectivity index (χ1v) is 7.66. The fourth-order valence-corrected chi connectivity index (χ4v) is 2.45. The predicted molar refractivity (Wildman–Crippen MR) is 91.8 cm³/mol. The van der Waals surface area contributed by atoms with Gasteiger partial charge in [0.1, 0.15) is 0 Å². The second-order valence-electron chi connectivity index (χ2n) is 5.50. The van der Waals surface area contributed by atoms with Crippen LogP contribution >= 0.6 is 0 Å². The molecular formula is C19H25NO2. The van der Waals surface area contributed by atoms with Crippen molar-refractivity contribution in [3.8, 4) is 22.6 Å². The molecule has 1 atom stereocenters. The van der Waals surface area contributed by atoms with E-state index in [0.29, 0.717) is 6.04 Å². The van der Waals surface area contributed by atoms with E-state index in [0.717, 1.165) is 29.9 Å². The van der Waals surface area contributed by atoms with Crippen LogP contribution in [-0.2, 0) is 6.42 Å². The summed E-state index contributed by atoms with van der Waals surface area (Å²) in [6.07, 6.45) is 2.20. The lowest BCUT2D eigenvalue weighted by Gasteiger charge is -2.12. The molecule has 1 unspecified atom stereocenters. The topological polar surface area (TPSA) is 30.5 Å². The molecular weight excluding hydrogens is 274 g/mol. The normalized spacial score (nSPS) is 12.0. The van der Waals surface area contributed by atoms with Crippen molar-refractivity contribution in [3.05, 3.63) is 48.0 Å². The van der Waals surface area contributed by atoms with Crippen LogP contribution in [-0.4, -0.2) is 27.3 Å². The third kappa shape index (κ3) is 4.01. The largest absolute Gasteiger partial charge is 0.493 e. The molecule has 3 heteroatoms. The summed E-state index contributed by atoms with van der Waals surface area (Å²) in [6, 6.07) is 15.3. The fraction of sp³-hybridized carbons (Fsp3) is 0.368. The van der Waals surface area contributed by atoms with E-state index < -0.39 is 0 Å². The average molecular weight is 299 g/mol. The zero-order valence-electron chi connectivity index (χ0n) is 13.8. The summed E-state index contributed by atoms with van der Waals surface area (Å²) in [5.74, 6) is 1.51. The van der Waals surface area contributed by atoms with Gasteiger partial charge in [-0.05, 0) is 55.6 Å². The first-order valence-electron chi connectivity index (χ1n) is 7.66. The zero-order chi connectivity index (χ0) is 15.9. The van der Waals surface area contributed by atoms with E-state index in [9.17, 15) is 0 Å². The highest BCUT2D eigenvalue weighted by molar-refractivity contribution is 5.67. The van der Waals surface area contributed by atoms with Gasteiger partial charge in [-0.25, -0.2) is 0 Å². The first kappa shape index (κ1) is 16.4. The maximum atomic E-state index is 5.39. The van der Waals surface area contributed by atoms with Crippen LogP contribution in [0, 0.1) is 0 Å². The molecule has 0 amide bonds. The van der Waals surface area contributed by atoms with Gasteiger partial charge in [-0.3, -0.25) is 0 Å².